The predicted octanol–water partition coefficient (Wildman–Crippen LogP) is 2.65. The van der Waals surface area contributed by atoms with Crippen molar-refractivity contribution in [3.8, 4) is 5.75 Å². The molecule has 4 rings (SSSR count). The summed E-state index contributed by atoms with van der Waals surface area (Å²) in [5.74, 6) is 0.795. The van der Waals surface area contributed by atoms with Crippen LogP contribution in [-0.4, -0.2) is 80.7 Å². The quantitative estimate of drug-likeness (QED) is 0.627. The average molecular weight is 442 g/mol. The van der Waals surface area contributed by atoms with Gasteiger partial charge < -0.3 is 28.6 Å². The van der Waals surface area contributed by atoms with Gasteiger partial charge in [0.25, 0.3) is 5.91 Å². The normalized spacial score (nSPS) is 18.6. The summed E-state index contributed by atoms with van der Waals surface area (Å²) < 4.78 is 16.0. The molecule has 2 aliphatic rings. The Kier molecular flexibility index (Phi) is 7.32. The van der Waals surface area contributed by atoms with Crippen LogP contribution in [0.5, 0.6) is 5.75 Å². The van der Waals surface area contributed by atoms with Crippen LogP contribution in [0.2, 0.25) is 0 Å². The summed E-state index contributed by atoms with van der Waals surface area (Å²) in [5.41, 5.74) is 1.63. The summed E-state index contributed by atoms with van der Waals surface area (Å²) >= 11 is 0. The topological polar surface area (TPSA) is 75.5 Å². The van der Waals surface area contributed by atoms with Crippen molar-refractivity contribution in [2.45, 2.75) is 25.4 Å². The first-order chi connectivity index (χ1) is 15.6. The maximum absolute atomic E-state index is 12.9. The third kappa shape index (κ3) is 5.43. The van der Waals surface area contributed by atoms with E-state index in [-0.39, 0.29) is 17.9 Å². The minimum atomic E-state index is -0.119. The SMILES string of the molecule is COc1ccc(N2CCN(C(=O)CCN(CC3CCCO3)C(=O)c3ccoc3)CC2)cc1. The van der Waals surface area contributed by atoms with Crippen molar-refractivity contribution in [1.29, 1.82) is 0 Å². The molecule has 8 heteroatoms. The van der Waals surface area contributed by atoms with Crippen LogP contribution in [0, 0.1) is 0 Å². The number of methoxy groups -OCH3 is 1. The molecule has 0 N–H and O–H groups in total. The van der Waals surface area contributed by atoms with Crippen LogP contribution >= 0.6 is 0 Å². The zero-order valence-corrected chi connectivity index (χ0v) is 18.6. The Morgan fingerprint density at radius 1 is 1.12 bits per heavy atom. The van der Waals surface area contributed by atoms with E-state index in [1.807, 2.05) is 29.2 Å². The number of hydrogen-bond acceptors (Lipinski definition) is 6. The van der Waals surface area contributed by atoms with E-state index in [0.717, 1.165) is 44.0 Å². The molecule has 0 radical (unpaired) electrons. The lowest BCUT2D eigenvalue weighted by Gasteiger charge is -2.36. The van der Waals surface area contributed by atoms with Crippen molar-refractivity contribution in [1.82, 2.24) is 9.80 Å². The van der Waals surface area contributed by atoms with Gasteiger partial charge in [-0.05, 0) is 43.2 Å². The second-order valence-electron chi connectivity index (χ2n) is 8.21. The van der Waals surface area contributed by atoms with Crippen molar-refractivity contribution < 1.29 is 23.5 Å². The highest BCUT2D eigenvalue weighted by Crippen LogP contribution is 2.21. The van der Waals surface area contributed by atoms with E-state index >= 15 is 0 Å². The molecular weight excluding hydrogens is 410 g/mol. The van der Waals surface area contributed by atoms with Gasteiger partial charge in [-0.25, -0.2) is 0 Å². The molecule has 2 fully saturated rings. The van der Waals surface area contributed by atoms with Crippen LogP contribution in [0.1, 0.15) is 29.6 Å². The van der Waals surface area contributed by atoms with Gasteiger partial charge in [0.1, 0.15) is 12.0 Å². The Morgan fingerprint density at radius 2 is 1.91 bits per heavy atom. The Bertz CT molecular complexity index is 870. The number of hydrogen-bond donors (Lipinski definition) is 0. The van der Waals surface area contributed by atoms with Gasteiger partial charge in [-0.2, -0.15) is 0 Å². The monoisotopic (exact) mass is 441 g/mol. The molecule has 2 saturated heterocycles. The average Bonchev–Trinajstić information content (AvgIpc) is 3.56. The maximum atomic E-state index is 12.9. The molecule has 3 heterocycles. The molecule has 1 aromatic carbocycles. The summed E-state index contributed by atoms with van der Waals surface area (Å²) in [5, 5.41) is 0. The third-order valence-electron chi connectivity index (χ3n) is 6.17. The number of ether oxygens (including phenoxy) is 2. The van der Waals surface area contributed by atoms with Gasteiger partial charge in [-0.15, -0.1) is 0 Å². The molecule has 2 aliphatic heterocycles. The molecular formula is C24H31N3O5. The fourth-order valence-corrected chi connectivity index (χ4v) is 4.27. The van der Waals surface area contributed by atoms with Crippen LogP contribution in [-0.2, 0) is 9.53 Å². The lowest BCUT2D eigenvalue weighted by molar-refractivity contribution is -0.131. The Hall–Kier alpha value is -3.00. The Labute approximate surface area is 188 Å². The highest BCUT2D eigenvalue weighted by Gasteiger charge is 2.26. The number of carbonyl (C=O) groups is 2. The van der Waals surface area contributed by atoms with Gasteiger partial charge in [0.15, 0.2) is 0 Å². The summed E-state index contributed by atoms with van der Waals surface area (Å²) in [6.45, 7) is 4.52. The Balaban J connectivity index is 1.29. The molecule has 32 heavy (non-hydrogen) atoms. The first-order valence-corrected chi connectivity index (χ1v) is 11.2. The number of benzene rings is 1. The number of anilines is 1. The van der Waals surface area contributed by atoms with E-state index in [1.54, 1.807) is 18.1 Å². The Morgan fingerprint density at radius 3 is 2.53 bits per heavy atom. The van der Waals surface area contributed by atoms with Gasteiger partial charge in [-0.3, -0.25) is 9.59 Å². The van der Waals surface area contributed by atoms with Gasteiger partial charge in [-0.1, -0.05) is 0 Å². The second kappa shape index (κ2) is 10.5. The molecule has 0 spiro atoms. The summed E-state index contributed by atoms with van der Waals surface area (Å²) in [7, 11) is 1.66. The zero-order chi connectivity index (χ0) is 22.3. The van der Waals surface area contributed by atoms with E-state index in [1.165, 1.54) is 12.5 Å². The molecule has 0 saturated carbocycles. The number of furan rings is 1. The minimum Gasteiger partial charge on any atom is -0.497 e. The number of rotatable bonds is 8. The second-order valence-corrected chi connectivity index (χ2v) is 8.21. The fraction of sp³-hybridized carbons (Fsp3) is 0.500. The van der Waals surface area contributed by atoms with Crippen molar-refractivity contribution in [2.24, 2.45) is 0 Å². The summed E-state index contributed by atoms with van der Waals surface area (Å²) in [6.07, 6.45) is 5.23. The van der Waals surface area contributed by atoms with Crippen LogP contribution in [0.25, 0.3) is 0 Å². The van der Waals surface area contributed by atoms with Gasteiger partial charge >= 0.3 is 0 Å². The van der Waals surface area contributed by atoms with Gasteiger partial charge in [0.2, 0.25) is 5.91 Å². The molecule has 0 aliphatic carbocycles. The van der Waals surface area contributed by atoms with E-state index in [0.29, 0.717) is 38.2 Å². The van der Waals surface area contributed by atoms with Crippen LogP contribution in [0.15, 0.2) is 47.3 Å². The smallest absolute Gasteiger partial charge is 0.257 e. The minimum absolute atomic E-state index is 0.0361. The molecule has 172 valence electrons. The van der Waals surface area contributed by atoms with E-state index < -0.39 is 0 Å². The van der Waals surface area contributed by atoms with Crippen LogP contribution in [0.4, 0.5) is 5.69 Å². The molecule has 2 aromatic rings. The fourth-order valence-electron chi connectivity index (χ4n) is 4.27. The van der Waals surface area contributed by atoms with Gasteiger partial charge in [0, 0.05) is 58.0 Å². The van der Waals surface area contributed by atoms with Crippen molar-refractivity contribution in [2.75, 3.05) is 57.9 Å². The van der Waals surface area contributed by atoms with Crippen molar-refractivity contribution >= 4 is 17.5 Å². The number of piperazine rings is 1. The largest absolute Gasteiger partial charge is 0.497 e. The van der Waals surface area contributed by atoms with Crippen molar-refractivity contribution in [3.63, 3.8) is 0 Å². The zero-order valence-electron chi connectivity index (χ0n) is 18.6. The standard InChI is InChI=1S/C24H31N3O5/c1-30-21-6-4-20(5-7-21)25-11-13-26(14-12-25)23(28)8-10-27(17-22-3-2-15-32-22)24(29)19-9-16-31-18-19/h4-7,9,16,18,22H,2-3,8,10-15,17H2,1H3. The molecule has 1 atom stereocenters. The third-order valence-corrected chi connectivity index (χ3v) is 6.17. The number of nitrogens with zero attached hydrogens (tertiary/aromatic N) is 3. The predicted molar refractivity (Wildman–Crippen MR) is 120 cm³/mol. The summed E-state index contributed by atoms with van der Waals surface area (Å²) in [4.78, 5) is 31.7. The molecule has 2 amide bonds. The summed E-state index contributed by atoms with van der Waals surface area (Å²) in [6, 6.07) is 9.64. The van der Waals surface area contributed by atoms with E-state index in [4.69, 9.17) is 13.9 Å². The first kappa shape index (κ1) is 22.2. The number of amides is 2. The van der Waals surface area contributed by atoms with Crippen LogP contribution < -0.4 is 9.64 Å². The maximum Gasteiger partial charge on any atom is 0.257 e. The molecule has 0 bridgehead atoms. The lowest BCUT2D eigenvalue weighted by Crippen LogP contribution is -2.49. The lowest BCUT2D eigenvalue weighted by atomic mass is 10.2. The van der Waals surface area contributed by atoms with Gasteiger partial charge in [0.05, 0.1) is 25.0 Å². The highest BCUT2D eigenvalue weighted by molar-refractivity contribution is 5.94. The van der Waals surface area contributed by atoms with E-state index in [2.05, 4.69) is 4.90 Å². The van der Waals surface area contributed by atoms with E-state index in [9.17, 15) is 9.59 Å². The number of carbonyl (C=O) groups excluding carboxylic acids is 2. The molecule has 1 aromatic heterocycles. The highest BCUT2D eigenvalue weighted by atomic mass is 16.5. The molecule has 8 nitrogen and oxygen atoms in total. The first-order valence-electron chi connectivity index (χ1n) is 11.2. The molecule has 1 unspecified atom stereocenters. The van der Waals surface area contributed by atoms with Crippen molar-refractivity contribution in [3.05, 3.63) is 48.4 Å². The van der Waals surface area contributed by atoms with Crippen LogP contribution in [0.3, 0.4) is 0 Å².